The summed E-state index contributed by atoms with van der Waals surface area (Å²) < 4.78 is 0. The smallest absolute Gasteiger partial charge is 0.0295 e. The normalized spacial score (nSPS) is 10.2. The number of rotatable bonds is 2. The van der Waals surface area contributed by atoms with Gasteiger partial charge in [0.2, 0.25) is 0 Å². The molecule has 36 valence electrons. The maximum atomic E-state index is 4.94. The first-order chi connectivity index (χ1) is 2.91. The molecular weight excluding hydrogens is 78.1 g/mol. The molecule has 3 heteroatoms. The van der Waals surface area contributed by atoms with Crippen molar-refractivity contribution in [2.45, 2.75) is 0 Å². The number of hydrogen-bond donors (Lipinski definition) is 3. The third-order valence-corrected chi connectivity index (χ3v) is 0.372. The molecule has 0 aromatic rings. The Hall–Kier alpha value is -0.540. The van der Waals surface area contributed by atoms with Crippen molar-refractivity contribution in [2.75, 3.05) is 6.54 Å². The lowest BCUT2D eigenvalue weighted by Crippen LogP contribution is -2.21. The van der Waals surface area contributed by atoms with Crippen LogP contribution in [0.5, 0.6) is 0 Å². The molecule has 0 heterocycles. The first-order valence-electron chi connectivity index (χ1n) is 1.72. The van der Waals surface area contributed by atoms with Gasteiger partial charge < -0.3 is 5.73 Å². The zero-order chi connectivity index (χ0) is 4.83. The van der Waals surface area contributed by atoms with E-state index in [0.717, 1.165) is 0 Å². The highest BCUT2D eigenvalue weighted by Gasteiger charge is 1.61. The molecule has 0 amide bonds. The molecule has 0 radical (unpaired) electrons. The van der Waals surface area contributed by atoms with Crippen LogP contribution in [0.1, 0.15) is 0 Å². The first kappa shape index (κ1) is 5.46. The molecule has 5 N–H and O–H groups in total. The second-order valence-electron chi connectivity index (χ2n) is 0.836. The summed E-state index contributed by atoms with van der Waals surface area (Å²) >= 11 is 0. The zero-order valence-electron chi connectivity index (χ0n) is 3.52. The summed E-state index contributed by atoms with van der Waals surface area (Å²) in [5.41, 5.74) is 7.34. The lowest BCUT2D eigenvalue weighted by atomic mass is 10.6. The molecule has 0 saturated heterocycles. The van der Waals surface area contributed by atoms with E-state index < -0.39 is 0 Å². The lowest BCUT2D eigenvalue weighted by molar-refractivity contribution is 0.822. The third kappa shape index (κ3) is 3.46. The molecule has 0 aliphatic rings. The van der Waals surface area contributed by atoms with Crippen LogP contribution in [0.2, 0.25) is 0 Å². The summed E-state index contributed by atoms with van der Waals surface area (Å²) in [5, 5.41) is 0. The zero-order valence-corrected chi connectivity index (χ0v) is 3.52. The van der Waals surface area contributed by atoms with Crippen LogP contribution in [0, 0.1) is 0 Å². The number of nitrogens with one attached hydrogen (secondary N) is 1. The fourth-order valence-electron chi connectivity index (χ4n) is 0.136. The SMILES string of the molecule is NC=CCNN. The molecular formula is C3H9N3. The summed E-state index contributed by atoms with van der Waals surface area (Å²) in [4.78, 5) is 0. The molecule has 0 aromatic heterocycles. The van der Waals surface area contributed by atoms with E-state index >= 15 is 0 Å². The summed E-state index contributed by atoms with van der Waals surface area (Å²) in [7, 11) is 0. The van der Waals surface area contributed by atoms with Gasteiger partial charge in [0.1, 0.15) is 0 Å². The molecule has 0 saturated carbocycles. The van der Waals surface area contributed by atoms with Gasteiger partial charge in [-0.3, -0.25) is 11.3 Å². The summed E-state index contributed by atoms with van der Waals surface area (Å²) in [6, 6.07) is 0. The topological polar surface area (TPSA) is 64.1 Å². The van der Waals surface area contributed by atoms with Gasteiger partial charge in [0.25, 0.3) is 0 Å². The molecule has 0 fully saturated rings. The van der Waals surface area contributed by atoms with Gasteiger partial charge in [-0.1, -0.05) is 6.08 Å². The molecule has 0 spiro atoms. The van der Waals surface area contributed by atoms with Crippen LogP contribution in [0.15, 0.2) is 12.3 Å². The van der Waals surface area contributed by atoms with Crippen molar-refractivity contribution in [3.05, 3.63) is 12.3 Å². The van der Waals surface area contributed by atoms with E-state index in [2.05, 4.69) is 5.43 Å². The van der Waals surface area contributed by atoms with E-state index in [1.165, 1.54) is 6.20 Å². The summed E-state index contributed by atoms with van der Waals surface area (Å²) in [5.74, 6) is 4.86. The second kappa shape index (κ2) is 4.46. The molecule has 0 rings (SSSR count). The van der Waals surface area contributed by atoms with E-state index in [1.807, 2.05) is 0 Å². The molecule has 0 bridgehead atoms. The van der Waals surface area contributed by atoms with E-state index in [4.69, 9.17) is 11.6 Å². The van der Waals surface area contributed by atoms with Gasteiger partial charge in [0.15, 0.2) is 0 Å². The Labute approximate surface area is 37.0 Å². The van der Waals surface area contributed by atoms with E-state index in [0.29, 0.717) is 6.54 Å². The number of hydrogen-bond acceptors (Lipinski definition) is 3. The molecule has 0 atom stereocenters. The summed E-state index contributed by atoms with van der Waals surface area (Å²) in [6.07, 6.45) is 3.17. The largest absolute Gasteiger partial charge is 0.405 e. The standard InChI is InChI=1S/C3H9N3/c4-2-1-3-6-5/h1-2,6H,3-5H2. The highest BCUT2D eigenvalue weighted by molar-refractivity contribution is 4.76. The predicted octanol–water partition coefficient (Wildman–Crippen LogP) is -1.08. The van der Waals surface area contributed by atoms with Gasteiger partial charge in [-0.15, -0.1) is 0 Å². The van der Waals surface area contributed by atoms with Crippen LogP contribution in [-0.2, 0) is 0 Å². The predicted molar refractivity (Wildman–Crippen MR) is 25.5 cm³/mol. The molecule has 0 aromatic carbocycles. The van der Waals surface area contributed by atoms with Crippen LogP contribution < -0.4 is 17.0 Å². The Bertz CT molecular complexity index is 41.3. The molecule has 6 heavy (non-hydrogen) atoms. The molecule has 3 nitrogen and oxygen atoms in total. The maximum absolute atomic E-state index is 4.94. The minimum atomic E-state index is 0.635. The Morgan fingerprint density at radius 1 is 1.67 bits per heavy atom. The van der Waals surface area contributed by atoms with Crippen LogP contribution in [-0.4, -0.2) is 6.54 Å². The van der Waals surface area contributed by atoms with Crippen LogP contribution >= 0.6 is 0 Å². The number of hydrazine groups is 1. The minimum Gasteiger partial charge on any atom is -0.405 e. The van der Waals surface area contributed by atoms with Gasteiger partial charge in [-0.25, -0.2) is 0 Å². The second-order valence-corrected chi connectivity index (χ2v) is 0.836. The number of nitrogens with two attached hydrogens (primary N) is 2. The van der Waals surface area contributed by atoms with Gasteiger partial charge >= 0.3 is 0 Å². The van der Waals surface area contributed by atoms with Crippen LogP contribution in [0.4, 0.5) is 0 Å². The third-order valence-electron chi connectivity index (χ3n) is 0.372. The van der Waals surface area contributed by atoms with Gasteiger partial charge in [0.05, 0.1) is 0 Å². The Balaban J connectivity index is 2.66. The quantitative estimate of drug-likeness (QED) is 0.296. The van der Waals surface area contributed by atoms with Crippen molar-refractivity contribution in [1.82, 2.24) is 5.43 Å². The van der Waals surface area contributed by atoms with Crippen LogP contribution in [0.25, 0.3) is 0 Å². The van der Waals surface area contributed by atoms with Crippen molar-refractivity contribution in [3.8, 4) is 0 Å². The van der Waals surface area contributed by atoms with Crippen LogP contribution in [0.3, 0.4) is 0 Å². The Morgan fingerprint density at radius 2 is 2.33 bits per heavy atom. The highest BCUT2D eigenvalue weighted by atomic mass is 15.2. The minimum absolute atomic E-state index is 0.635. The van der Waals surface area contributed by atoms with E-state index in [-0.39, 0.29) is 0 Å². The van der Waals surface area contributed by atoms with Crippen molar-refractivity contribution in [3.63, 3.8) is 0 Å². The van der Waals surface area contributed by atoms with E-state index in [9.17, 15) is 0 Å². The van der Waals surface area contributed by atoms with E-state index in [1.54, 1.807) is 6.08 Å². The maximum Gasteiger partial charge on any atom is 0.0295 e. The van der Waals surface area contributed by atoms with Gasteiger partial charge in [-0.05, 0) is 6.20 Å². The van der Waals surface area contributed by atoms with Crippen molar-refractivity contribution in [2.24, 2.45) is 11.6 Å². The lowest BCUT2D eigenvalue weighted by Gasteiger charge is -1.82. The van der Waals surface area contributed by atoms with Crippen molar-refractivity contribution >= 4 is 0 Å². The van der Waals surface area contributed by atoms with Crippen molar-refractivity contribution < 1.29 is 0 Å². The Kier molecular flexibility index (Phi) is 4.06. The summed E-state index contributed by atoms with van der Waals surface area (Å²) in [6.45, 7) is 0.635. The van der Waals surface area contributed by atoms with Gasteiger partial charge in [-0.2, -0.15) is 0 Å². The average molecular weight is 87.1 g/mol. The Morgan fingerprint density at radius 3 is 2.50 bits per heavy atom. The molecule has 0 aliphatic carbocycles. The fraction of sp³-hybridized carbons (Fsp3) is 0.333. The average Bonchev–Trinajstić information content (AvgIpc) is 1.61. The molecule has 0 aliphatic heterocycles. The fourth-order valence-corrected chi connectivity index (χ4v) is 0.136. The first-order valence-corrected chi connectivity index (χ1v) is 1.72. The monoisotopic (exact) mass is 87.1 g/mol. The molecule has 0 unspecified atom stereocenters. The highest BCUT2D eigenvalue weighted by Crippen LogP contribution is 1.52. The van der Waals surface area contributed by atoms with Crippen molar-refractivity contribution in [1.29, 1.82) is 0 Å². The van der Waals surface area contributed by atoms with Gasteiger partial charge in [0, 0.05) is 6.54 Å².